The van der Waals surface area contributed by atoms with E-state index in [1.54, 1.807) is 37.1 Å². The molecule has 0 aliphatic heterocycles. The molecule has 0 bridgehead atoms. The second-order valence-corrected chi connectivity index (χ2v) is 6.93. The first kappa shape index (κ1) is 18.1. The summed E-state index contributed by atoms with van der Waals surface area (Å²) in [6.45, 7) is 0.509. The van der Waals surface area contributed by atoms with Gasteiger partial charge in [0.05, 0.1) is 13.4 Å². The normalized spacial score (nSPS) is 10.5. The van der Waals surface area contributed by atoms with Gasteiger partial charge in [-0.05, 0) is 35.9 Å². The maximum atomic E-state index is 12.8. The molecule has 1 amide bonds. The molecule has 5 heteroatoms. The van der Waals surface area contributed by atoms with Gasteiger partial charge in [-0.2, -0.15) is 0 Å². The molecule has 0 spiro atoms. The van der Waals surface area contributed by atoms with Crippen molar-refractivity contribution in [1.29, 1.82) is 0 Å². The molecule has 2 aromatic carbocycles. The summed E-state index contributed by atoms with van der Waals surface area (Å²) in [5.74, 6) is 1.78. The van der Waals surface area contributed by atoms with Crippen LogP contribution in [-0.4, -0.2) is 25.0 Å². The highest BCUT2D eigenvalue weighted by molar-refractivity contribution is 7.98. The Labute approximate surface area is 157 Å². The molecule has 134 valence electrons. The molecular weight excluding hydrogens is 346 g/mol. The Bertz CT molecular complexity index is 843. The lowest BCUT2D eigenvalue weighted by Crippen LogP contribution is -2.26. The largest absolute Gasteiger partial charge is 0.497 e. The molecule has 0 radical (unpaired) electrons. The zero-order chi connectivity index (χ0) is 18.4. The number of carbonyl (C=O) groups is 1. The van der Waals surface area contributed by atoms with E-state index in [2.05, 4.69) is 12.1 Å². The van der Waals surface area contributed by atoms with Gasteiger partial charge in [0.2, 0.25) is 0 Å². The molecule has 0 saturated carbocycles. The Morgan fingerprint density at radius 1 is 1.08 bits per heavy atom. The minimum Gasteiger partial charge on any atom is -0.497 e. The minimum absolute atomic E-state index is 0.116. The summed E-state index contributed by atoms with van der Waals surface area (Å²) in [6.07, 6.45) is 1.58. The van der Waals surface area contributed by atoms with Gasteiger partial charge in [-0.25, -0.2) is 0 Å². The van der Waals surface area contributed by atoms with Crippen LogP contribution in [0.3, 0.4) is 0 Å². The van der Waals surface area contributed by atoms with E-state index in [1.165, 1.54) is 4.90 Å². The number of rotatable bonds is 7. The molecule has 0 fully saturated rings. The van der Waals surface area contributed by atoms with Crippen molar-refractivity contribution in [3.05, 3.63) is 83.8 Å². The van der Waals surface area contributed by atoms with E-state index in [1.807, 2.05) is 48.5 Å². The van der Waals surface area contributed by atoms with Crippen LogP contribution in [0.2, 0.25) is 0 Å². The fourth-order valence-electron chi connectivity index (χ4n) is 2.56. The van der Waals surface area contributed by atoms with Gasteiger partial charge in [0.15, 0.2) is 5.76 Å². The predicted molar refractivity (Wildman–Crippen MR) is 104 cm³/mol. The SMILES string of the molecule is COc1ccc(CN(C)C(=O)c2occc2CSc2ccccc2)cc1. The number of furan rings is 1. The molecule has 3 aromatic rings. The van der Waals surface area contributed by atoms with E-state index in [0.29, 0.717) is 18.1 Å². The Kier molecular flexibility index (Phi) is 6.02. The number of ether oxygens (including phenoxy) is 1. The van der Waals surface area contributed by atoms with Gasteiger partial charge in [0.1, 0.15) is 5.75 Å². The third-order valence-electron chi connectivity index (χ3n) is 4.00. The van der Waals surface area contributed by atoms with Crippen LogP contribution in [0.15, 0.2) is 76.2 Å². The van der Waals surface area contributed by atoms with Crippen molar-refractivity contribution < 1.29 is 13.9 Å². The van der Waals surface area contributed by atoms with E-state index in [-0.39, 0.29) is 5.91 Å². The Morgan fingerprint density at radius 2 is 1.81 bits per heavy atom. The number of benzene rings is 2. The van der Waals surface area contributed by atoms with Crippen molar-refractivity contribution in [3.63, 3.8) is 0 Å². The first-order valence-corrected chi connectivity index (χ1v) is 9.28. The third-order valence-corrected chi connectivity index (χ3v) is 5.06. The molecule has 4 nitrogen and oxygen atoms in total. The summed E-state index contributed by atoms with van der Waals surface area (Å²) in [4.78, 5) is 15.6. The van der Waals surface area contributed by atoms with Crippen LogP contribution in [-0.2, 0) is 12.3 Å². The van der Waals surface area contributed by atoms with E-state index in [4.69, 9.17) is 9.15 Å². The lowest BCUT2D eigenvalue weighted by Gasteiger charge is -2.17. The van der Waals surface area contributed by atoms with Crippen LogP contribution >= 0.6 is 11.8 Å². The van der Waals surface area contributed by atoms with Gasteiger partial charge < -0.3 is 14.1 Å². The molecular formula is C21H21NO3S. The maximum absolute atomic E-state index is 12.8. The lowest BCUT2D eigenvalue weighted by atomic mass is 10.2. The fourth-order valence-corrected chi connectivity index (χ4v) is 3.46. The van der Waals surface area contributed by atoms with Crippen molar-refractivity contribution in [2.24, 2.45) is 0 Å². The van der Waals surface area contributed by atoms with Crippen molar-refractivity contribution >= 4 is 17.7 Å². The van der Waals surface area contributed by atoms with E-state index in [9.17, 15) is 4.79 Å². The van der Waals surface area contributed by atoms with E-state index < -0.39 is 0 Å². The van der Waals surface area contributed by atoms with Crippen molar-refractivity contribution in [2.75, 3.05) is 14.2 Å². The van der Waals surface area contributed by atoms with Crippen molar-refractivity contribution in [1.82, 2.24) is 4.90 Å². The number of carbonyl (C=O) groups excluding carboxylic acids is 1. The molecule has 0 saturated heterocycles. The second kappa shape index (κ2) is 8.63. The highest BCUT2D eigenvalue weighted by Crippen LogP contribution is 2.25. The molecule has 1 heterocycles. The molecule has 0 unspecified atom stereocenters. The maximum Gasteiger partial charge on any atom is 0.289 e. The number of amides is 1. The van der Waals surface area contributed by atoms with Crippen LogP contribution in [0.1, 0.15) is 21.7 Å². The number of nitrogens with zero attached hydrogens (tertiary/aromatic N) is 1. The van der Waals surface area contributed by atoms with Gasteiger partial charge in [-0.3, -0.25) is 4.79 Å². The van der Waals surface area contributed by atoms with E-state index in [0.717, 1.165) is 16.9 Å². The number of methoxy groups -OCH3 is 1. The summed E-state index contributed by atoms with van der Waals surface area (Å²) >= 11 is 1.68. The molecule has 3 rings (SSSR count). The molecule has 0 atom stereocenters. The van der Waals surface area contributed by atoms with Crippen molar-refractivity contribution in [3.8, 4) is 5.75 Å². The Hall–Kier alpha value is -2.66. The zero-order valence-corrected chi connectivity index (χ0v) is 15.7. The number of hydrogen-bond acceptors (Lipinski definition) is 4. The van der Waals surface area contributed by atoms with Gasteiger partial charge in [0, 0.05) is 29.8 Å². The van der Waals surface area contributed by atoms with Crippen LogP contribution in [0, 0.1) is 0 Å². The third kappa shape index (κ3) is 4.49. The summed E-state index contributed by atoms with van der Waals surface area (Å²) < 4.78 is 10.6. The van der Waals surface area contributed by atoms with Gasteiger partial charge >= 0.3 is 0 Å². The quantitative estimate of drug-likeness (QED) is 0.560. The van der Waals surface area contributed by atoms with Crippen molar-refractivity contribution in [2.45, 2.75) is 17.2 Å². The lowest BCUT2D eigenvalue weighted by molar-refractivity contribution is 0.0752. The topological polar surface area (TPSA) is 42.7 Å². The first-order valence-electron chi connectivity index (χ1n) is 8.30. The zero-order valence-electron chi connectivity index (χ0n) is 14.8. The summed E-state index contributed by atoms with van der Waals surface area (Å²) in [5.41, 5.74) is 1.94. The standard InChI is InChI=1S/C21H21NO3S/c1-22(14-16-8-10-18(24-2)11-9-16)21(23)20-17(12-13-25-20)15-26-19-6-4-3-5-7-19/h3-13H,14-15H2,1-2H3. The molecule has 0 aliphatic rings. The van der Waals surface area contributed by atoms with E-state index >= 15 is 0 Å². The first-order chi connectivity index (χ1) is 12.7. The summed E-state index contributed by atoms with van der Waals surface area (Å²) in [6, 6.07) is 19.7. The number of hydrogen-bond donors (Lipinski definition) is 0. The predicted octanol–water partition coefficient (Wildman–Crippen LogP) is 4.85. The molecule has 1 aromatic heterocycles. The highest BCUT2D eigenvalue weighted by atomic mass is 32.2. The molecule has 0 N–H and O–H groups in total. The average Bonchev–Trinajstić information content (AvgIpc) is 3.15. The van der Waals surface area contributed by atoms with Crippen LogP contribution in [0.5, 0.6) is 5.75 Å². The van der Waals surface area contributed by atoms with Crippen LogP contribution in [0.4, 0.5) is 0 Å². The molecule has 26 heavy (non-hydrogen) atoms. The van der Waals surface area contributed by atoms with Gasteiger partial charge in [-0.1, -0.05) is 30.3 Å². The Balaban J connectivity index is 1.64. The average molecular weight is 367 g/mol. The summed E-state index contributed by atoms with van der Waals surface area (Å²) in [7, 11) is 3.42. The molecule has 0 aliphatic carbocycles. The second-order valence-electron chi connectivity index (χ2n) is 5.89. The minimum atomic E-state index is -0.116. The fraction of sp³-hybridized carbons (Fsp3) is 0.190. The van der Waals surface area contributed by atoms with Crippen LogP contribution in [0.25, 0.3) is 0 Å². The summed E-state index contributed by atoms with van der Waals surface area (Å²) in [5, 5.41) is 0. The van der Waals surface area contributed by atoms with Crippen LogP contribution < -0.4 is 4.74 Å². The monoisotopic (exact) mass is 367 g/mol. The van der Waals surface area contributed by atoms with Gasteiger partial charge in [-0.15, -0.1) is 11.8 Å². The van der Waals surface area contributed by atoms with Gasteiger partial charge in [0.25, 0.3) is 5.91 Å². The number of thioether (sulfide) groups is 1. The Morgan fingerprint density at radius 3 is 2.50 bits per heavy atom. The highest BCUT2D eigenvalue weighted by Gasteiger charge is 2.19. The smallest absolute Gasteiger partial charge is 0.289 e.